The van der Waals surface area contributed by atoms with Gasteiger partial charge in [-0.1, -0.05) is 0 Å². The molecule has 2 N–H and O–H groups in total. The highest BCUT2D eigenvalue weighted by Gasteiger charge is 2.14. The quantitative estimate of drug-likeness (QED) is 0.405. The van der Waals surface area contributed by atoms with E-state index in [1.165, 1.54) is 0 Å². The van der Waals surface area contributed by atoms with Gasteiger partial charge in [0, 0.05) is 5.75 Å². The van der Waals surface area contributed by atoms with E-state index in [2.05, 4.69) is 12.6 Å². The summed E-state index contributed by atoms with van der Waals surface area (Å²) in [5.41, 5.74) is 5.18. The van der Waals surface area contributed by atoms with Gasteiger partial charge in [0.15, 0.2) is 0 Å². The van der Waals surface area contributed by atoms with Crippen LogP contribution in [0.25, 0.3) is 0 Å². The molecule has 4 nitrogen and oxygen atoms in total. The van der Waals surface area contributed by atoms with Crippen molar-refractivity contribution >= 4 is 18.6 Å². The molecule has 0 amide bonds. The van der Waals surface area contributed by atoms with Crippen LogP contribution in [0.4, 0.5) is 0 Å². The summed E-state index contributed by atoms with van der Waals surface area (Å²) >= 11 is 3.89. The number of carbonyl (C=O) groups excluding carboxylic acids is 1. The average Bonchev–Trinajstić information content (AvgIpc) is 2.09. The molecular weight excluding hydrogens is 202 g/mol. The molecule has 5 heteroatoms. The third kappa shape index (κ3) is 7.17. The third-order valence-corrected chi connectivity index (χ3v) is 1.76. The standard InChI is InChI=1S/C9H19NO3S/c1-9(2,3)13-5-4-12-8(11)7(10)6-14/h7,14H,4-6,10H2,1-3H3. The van der Waals surface area contributed by atoms with Crippen molar-refractivity contribution in [2.24, 2.45) is 5.73 Å². The Labute approximate surface area is 90.5 Å². The smallest absolute Gasteiger partial charge is 0.323 e. The Morgan fingerprint density at radius 1 is 1.43 bits per heavy atom. The van der Waals surface area contributed by atoms with E-state index in [0.717, 1.165) is 0 Å². The lowest BCUT2D eigenvalue weighted by atomic mass is 10.2. The normalized spacial score (nSPS) is 13.8. The molecule has 0 aliphatic heterocycles. The van der Waals surface area contributed by atoms with Crippen molar-refractivity contribution in [3.8, 4) is 0 Å². The van der Waals surface area contributed by atoms with E-state index in [0.29, 0.717) is 12.4 Å². The summed E-state index contributed by atoms with van der Waals surface area (Å²) in [7, 11) is 0. The molecule has 1 atom stereocenters. The van der Waals surface area contributed by atoms with Crippen molar-refractivity contribution in [1.82, 2.24) is 0 Å². The first kappa shape index (κ1) is 13.7. The fourth-order valence-electron chi connectivity index (χ4n) is 0.672. The van der Waals surface area contributed by atoms with E-state index >= 15 is 0 Å². The van der Waals surface area contributed by atoms with Gasteiger partial charge in [-0.15, -0.1) is 0 Å². The van der Waals surface area contributed by atoms with Gasteiger partial charge in [-0.3, -0.25) is 4.79 Å². The lowest BCUT2D eigenvalue weighted by molar-refractivity contribution is -0.147. The first-order valence-electron chi connectivity index (χ1n) is 4.54. The molecule has 0 aliphatic rings. The van der Waals surface area contributed by atoms with Gasteiger partial charge >= 0.3 is 5.97 Å². The number of hydrogen-bond acceptors (Lipinski definition) is 5. The van der Waals surface area contributed by atoms with Gasteiger partial charge in [-0.2, -0.15) is 12.6 Å². The third-order valence-electron chi connectivity index (χ3n) is 1.36. The Hall–Kier alpha value is -0.260. The van der Waals surface area contributed by atoms with Crippen molar-refractivity contribution in [1.29, 1.82) is 0 Å². The minimum atomic E-state index is -0.645. The lowest BCUT2D eigenvalue weighted by Crippen LogP contribution is -2.35. The minimum Gasteiger partial charge on any atom is -0.462 e. The van der Waals surface area contributed by atoms with Crippen LogP contribution in [0.2, 0.25) is 0 Å². The SMILES string of the molecule is CC(C)(C)OCCOC(=O)C(N)CS. The molecule has 0 aliphatic carbocycles. The summed E-state index contributed by atoms with van der Waals surface area (Å²) in [6.45, 7) is 6.43. The van der Waals surface area contributed by atoms with Crippen molar-refractivity contribution < 1.29 is 14.3 Å². The van der Waals surface area contributed by atoms with Crippen LogP contribution >= 0.6 is 12.6 Å². The van der Waals surface area contributed by atoms with E-state index in [-0.39, 0.29) is 12.2 Å². The molecule has 84 valence electrons. The van der Waals surface area contributed by atoms with E-state index in [1.807, 2.05) is 20.8 Å². The molecule has 1 unspecified atom stereocenters. The Bertz CT molecular complexity index is 179. The Morgan fingerprint density at radius 2 is 2.00 bits per heavy atom. The monoisotopic (exact) mass is 221 g/mol. The zero-order valence-electron chi connectivity index (χ0n) is 8.95. The van der Waals surface area contributed by atoms with Crippen molar-refractivity contribution in [3.05, 3.63) is 0 Å². The number of esters is 1. The van der Waals surface area contributed by atoms with Crippen LogP contribution < -0.4 is 5.73 Å². The van der Waals surface area contributed by atoms with E-state index in [1.54, 1.807) is 0 Å². The van der Waals surface area contributed by atoms with Gasteiger partial charge in [-0.25, -0.2) is 0 Å². The summed E-state index contributed by atoms with van der Waals surface area (Å²) < 4.78 is 10.2. The second kappa shape index (κ2) is 6.27. The molecule has 0 fully saturated rings. The highest BCUT2D eigenvalue weighted by Crippen LogP contribution is 2.05. The highest BCUT2D eigenvalue weighted by atomic mass is 32.1. The molecule has 0 aromatic heterocycles. The van der Waals surface area contributed by atoms with Crippen LogP contribution in [0.5, 0.6) is 0 Å². The van der Waals surface area contributed by atoms with Crippen molar-refractivity contribution in [2.45, 2.75) is 32.4 Å². The van der Waals surface area contributed by atoms with Crippen LogP contribution in [-0.4, -0.2) is 36.6 Å². The second-order valence-corrected chi connectivity index (χ2v) is 4.28. The van der Waals surface area contributed by atoms with Gasteiger partial charge in [0.1, 0.15) is 12.6 Å². The van der Waals surface area contributed by atoms with Gasteiger partial charge in [0.25, 0.3) is 0 Å². The average molecular weight is 221 g/mol. The lowest BCUT2D eigenvalue weighted by Gasteiger charge is -2.19. The summed E-state index contributed by atoms with van der Waals surface area (Å²) in [6.07, 6.45) is 0. The summed E-state index contributed by atoms with van der Waals surface area (Å²) in [4.78, 5) is 11.0. The molecule has 0 spiro atoms. The largest absolute Gasteiger partial charge is 0.462 e. The van der Waals surface area contributed by atoms with Gasteiger partial charge in [-0.05, 0) is 20.8 Å². The topological polar surface area (TPSA) is 61.5 Å². The molecule has 0 aromatic rings. The van der Waals surface area contributed by atoms with Gasteiger partial charge < -0.3 is 15.2 Å². The Morgan fingerprint density at radius 3 is 2.43 bits per heavy atom. The first-order valence-corrected chi connectivity index (χ1v) is 5.17. The molecular formula is C9H19NO3S. The maximum Gasteiger partial charge on any atom is 0.323 e. The number of nitrogens with two attached hydrogens (primary N) is 1. The molecule has 0 saturated carbocycles. The van der Waals surface area contributed by atoms with Crippen LogP contribution in [0, 0.1) is 0 Å². The second-order valence-electron chi connectivity index (χ2n) is 3.92. The van der Waals surface area contributed by atoms with E-state index in [4.69, 9.17) is 15.2 Å². The number of rotatable bonds is 5. The van der Waals surface area contributed by atoms with Crippen LogP contribution in [-0.2, 0) is 14.3 Å². The Balaban J connectivity index is 3.51. The minimum absolute atomic E-state index is 0.210. The fourth-order valence-corrected chi connectivity index (χ4v) is 0.821. The van der Waals surface area contributed by atoms with Gasteiger partial charge in [0.2, 0.25) is 0 Å². The zero-order valence-corrected chi connectivity index (χ0v) is 9.84. The molecule has 14 heavy (non-hydrogen) atoms. The predicted molar refractivity (Wildman–Crippen MR) is 58.5 cm³/mol. The first-order chi connectivity index (χ1) is 6.37. The highest BCUT2D eigenvalue weighted by molar-refractivity contribution is 7.80. The Kier molecular flexibility index (Phi) is 6.15. The molecule has 0 rings (SSSR count). The molecule has 0 radical (unpaired) electrons. The molecule has 0 aromatic carbocycles. The molecule has 0 saturated heterocycles. The maximum atomic E-state index is 11.0. The van der Waals surface area contributed by atoms with E-state index in [9.17, 15) is 4.79 Å². The summed E-state index contributed by atoms with van der Waals surface area (Å²) in [5, 5.41) is 0. The summed E-state index contributed by atoms with van der Waals surface area (Å²) in [6, 6.07) is -0.645. The molecule has 0 bridgehead atoms. The maximum absolute atomic E-state index is 11.0. The van der Waals surface area contributed by atoms with Crippen LogP contribution in [0.15, 0.2) is 0 Å². The van der Waals surface area contributed by atoms with Crippen LogP contribution in [0.1, 0.15) is 20.8 Å². The molecule has 0 heterocycles. The number of carbonyl (C=O) groups is 1. The number of thiol groups is 1. The number of hydrogen-bond donors (Lipinski definition) is 2. The number of ether oxygens (including phenoxy) is 2. The summed E-state index contributed by atoms with van der Waals surface area (Å²) in [5.74, 6) is -0.142. The van der Waals surface area contributed by atoms with E-state index < -0.39 is 12.0 Å². The van der Waals surface area contributed by atoms with Crippen molar-refractivity contribution in [2.75, 3.05) is 19.0 Å². The van der Waals surface area contributed by atoms with Crippen LogP contribution in [0.3, 0.4) is 0 Å². The van der Waals surface area contributed by atoms with Gasteiger partial charge in [0.05, 0.1) is 12.2 Å². The zero-order chi connectivity index (χ0) is 11.2. The predicted octanol–water partition coefficient (Wildman–Crippen LogP) is 0.602. The van der Waals surface area contributed by atoms with Crippen molar-refractivity contribution in [3.63, 3.8) is 0 Å². The fraction of sp³-hybridized carbons (Fsp3) is 0.889.